The first kappa shape index (κ1) is 12.3. The molecule has 0 saturated carbocycles. The van der Waals surface area contributed by atoms with E-state index < -0.39 is 0 Å². The van der Waals surface area contributed by atoms with E-state index in [1.165, 1.54) is 25.8 Å². The summed E-state index contributed by atoms with van der Waals surface area (Å²) in [5.41, 5.74) is 6.32. The van der Waals surface area contributed by atoms with Crippen molar-refractivity contribution in [1.29, 1.82) is 0 Å². The van der Waals surface area contributed by atoms with E-state index >= 15 is 0 Å². The van der Waals surface area contributed by atoms with Crippen LogP contribution in [0.5, 0.6) is 0 Å². The van der Waals surface area contributed by atoms with E-state index in [0.717, 1.165) is 26.0 Å². The normalized spacial score (nSPS) is 42.2. The maximum absolute atomic E-state index is 6.10. The molecule has 2 rings (SSSR count). The number of hydrogen-bond acceptors (Lipinski definition) is 3. The van der Waals surface area contributed by atoms with Crippen LogP contribution in [0.1, 0.15) is 46.0 Å². The van der Waals surface area contributed by atoms with Crippen LogP contribution in [0.15, 0.2) is 0 Å². The van der Waals surface area contributed by atoms with Crippen molar-refractivity contribution in [2.45, 2.75) is 63.6 Å². The molecule has 3 atom stereocenters. The highest BCUT2D eigenvalue weighted by molar-refractivity contribution is 4.98. The van der Waals surface area contributed by atoms with E-state index in [0.29, 0.717) is 12.1 Å². The summed E-state index contributed by atoms with van der Waals surface area (Å²) in [6.45, 7) is 7.42. The van der Waals surface area contributed by atoms with Crippen LogP contribution < -0.4 is 5.73 Å². The quantitative estimate of drug-likeness (QED) is 0.779. The maximum Gasteiger partial charge on any atom is 0.0565 e. The number of piperidine rings is 1. The molecule has 0 aromatic carbocycles. The Labute approximate surface area is 99.3 Å². The van der Waals surface area contributed by atoms with Crippen LogP contribution >= 0.6 is 0 Å². The lowest BCUT2D eigenvalue weighted by Crippen LogP contribution is -2.61. The van der Waals surface area contributed by atoms with Gasteiger partial charge in [0.25, 0.3) is 0 Å². The van der Waals surface area contributed by atoms with Gasteiger partial charge in [0.15, 0.2) is 0 Å². The molecule has 3 unspecified atom stereocenters. The van der Waals surface area contributed by atoms with Gasteiger partial charge in [-0.15, -0.1) is 0 Å². The third kappa shape index (κ3) is 2.27. The fourth-order valence-corrected chi connectivity index (χ4v) is 3.51. The molecule has 2 heterocycles. The molecule has 2 saturated heterocycles. The second-order valence-electron chi connectivity index (χ2n) is 5.60. The Balaban J connectivity index is 2.12. The molecule has 0 aliphatic carbocycles. The van der Waals surface area contributed by atoms with Crippen LogP contribution in [0, 0.1) is 0 Å². The molecule has 94 valence electrons. The molecule has 3 nitrogen and oxygen atoms in total. The number of nitrogens with two attached hydrogens (primary N) is 1. The zero-order valence-electron chi connectivity index (χ0n) is 10.7. The third-order valence-electron chi connectivity index (χ3n) is 4.43. The summed E-state index contributed by atoms with van der Waals surface area (Å²) in [6, 6.07) is 0.697. The molecule has 0 radical (unpaired) electrons. The summed E-state index contributed by atoms with van der Waals surface area (Å²) in [6.07, 6.45) is 6.63. The van der Waals surface area contributed by atoms with Crippen molar-refractivity contribution in [3.8, 4) is 0 Å². The zero-order valence-corrected chi connectivity index (χ0v) is 10.7. The number of likely N-dealkylation sites (tertiary alicyclic amines) is 1. The Kier molecular flexibility index (Phi) is 3.88. The van der Waals surface area contributed by atoms with Crippen LogP contribution in [-0.4, -0.2) is 42.3 Å². The highest BCUT2D eigenvalue weighted by atomic mass is 16.5. The van der Waals surface area contributed by atoms with Crippen LogP contribution in [0.4, 0.5) is 0 Å². The van der Waals surface area contributed by atoms with Crippen molar-refractivity contribution in [2.75, 3.05) is 19.7 Å². The number of hydrogen-bond donors (Lipinski definition) is 1. The summed E-state index contributed by atoms with van der Waals surface area (Å²) in [4.78, 5) is 2.68. The predicted molar refractivity (Wildman–Crippen MR) is 66.5 cm³/mol. The first-order valence-electron chi connectivity index (χ1n) is 6.76. The van der Waals surface area contributed by atoms with Crippen LogP contribution in [0.3, 0.4) is 0 Å². The third-order valence-corrected chi connectivity index (χ3v) is 4.43. The van der Waals surface area contributed by atoms with Crippen molar-refractivity contribution in [1.82, 2.24) is 4.90 Å². The topological polar surface area (TPSA) is 38.5 Å². The molecule has 0 spiro atoms. The maximum atomic E-state index is 6.10. The number of ether oxygens (including phenoxy) is 1. The Morgan fingerprint density at radius 2 is 2.19 bits per heavy atom. The van der Waals surface area contributed by atoms with Gasteiger partial charge in [-0.3, -0.25) is 4.90 Å². The molecule has 3 heteroatoms. The average molecular weight is 226 g/mol. The smallest absolute Gasteiger partial charge is 0.0565 e. The summed E-state index contributed by atoms with van der Waals surface area (Å²) in [7, 11) is 0. The molecule has 0 aromatic rings. The van der Waals surface area contributed by atoms with Crippen LogP contribution in [0.2, 0.25) is 0 Å². The minimum absolute atomic E-state index is 0.220. The van der Waals surface area contributed by atoms with Crippen molar-refractivity contribution < 1.29 is 4.74 Å². The lowest BCUT2D eigenvalue weighted by Gasteiger charge is -2.51. The van der Waals surface area contributed by atoms with E-state index in [4.69, 9.17) is 10.5 Å². The number of nitrogens with zero attached hydrogens (tertiary/aromatic N) is 1. The van der Waals surface area contributed by atoms with Gasteiger partial charge in [-0.2, -0.15) is 0 Å². The van der Waals surface area contributed by atoms with Gasteiger partial charge in [-0.1, -0.05) is 6.42 Å². The zero-order chi connectivity index (χ0) is 11.6. The SMILES string of the molecule is CC1CC(CN)(N2CCCCC2C)CCO1. The van der Waals surface area contributed by atoms with Crippen molar-refractivity contribution in [3.05, 3.63) is 0 Å². The van der Waals surface area contributed by atoms with Gasteiger partial charge in [0.2, 0.25) is 0 Å². The molecule has 2 fully saturated rings. The van der Waals surface area contributed by atoms with Crippen LogP contribution in [-0.2, 0) is 4.74 Å². The van der Waals surface area contributed by atoms with Crippen LogP contribution in [0.25, 0.3) is 0 Å². The molecule has 0 amide bonds. The molecular formula is C13H26N2O. The van der Waals surface area contributed by atoms with Crippen molar-refractivity contribution in [3.63, 3.8) is 0 Å². The summed E-state index contributed by atoms with van der Waals surface area (Å²) in [5, 5.41) is 0. The highest BCUT2D eigenvalue weighted by Crippen LogP contribution is 2.34. The van der Waals surface area contributed by atoms with E-state index in [1.807, 2.05) is 0 Å². The van der Waals surface area contributed by atoms with E-state index in [1.54, 1.807) is 0 Å². The van der Waals surface area contributed by atoms with Gasteiger partial charge in [-0.25, -0.2) is 0 Å². The van der Waals surface area contributed by atoms with Gasteiger partial charge in [-0.05, 0) is 46.1 Å². The molecule has 2 aliphatic rings. The first-order chi connectivity index (χ1) is 7.68. The van der Waals surface area contributed by atoms with Crippen molar-refractivity contribution >= 4 is 0 Å². The number of rotatable bonds is 2. The van der Waals surface area contributed by atoms with Gasteiger partial charge < -0.3 is 10.5 Å². The van der Waals surface area contributed by atoms with E-state index in [9.17, 15) is 0 Å². The Hall–Kier alpha value is -0.120. The lowest BCUT2D eigenvalue weighted by molar-refractivity contribution is -0.0825. The fraction of sp³-hybridized carbons (Fsp3) is 1.00. The molecule has 2 N–H and O–H groups in total. The second kappa shape index (κ2) is 5.03. The lowest BCUT2D eigenvalue weighted by atomic mass is 9.82. The second-order valence-corrected chi connectivity index (χ2v) is 5.60. The molecule has 16 heavy (non-hydrogen) atoms. The van der Waals surface area contributed by atoms with Gasteiger partial charge in [0.05, 0.1) is 6.10 Å². The average Bonchev–Trinajstić information content (AvgIpc) is 2.29. The Bertz CT molecular complexity index is 234. The molecular weight excluding hydrogens is 200 g/mol. The monoisotopic (exact) mass is 226 g/mol. The van der Waals surface area contributed by atoms with E-state index in [2.05, 4.69) is 18.7 Å². The molecule has 0 bridgehead atoms. The fourth-order valence-electron chi connectivity index (χ4n) is 3.51. The minimum atomic E-state index is 0.220. The summed E-state index contributed by atoms with van der Waals surface area (Å²) in [5.74, 6) is 0. The van der Waals surface area contributed by atoms with Gasteiger partial charge in [0, 0.05) is 24.7 Å². The Morgan fingerprint density at radius 1 is 1.38 bits per heavy atom. The van der Waals surface area contributed by atoms with Gasteiger partial charge >= 0.3 is 0 Å². The molecule has 0 aromatic heterocycles. The van der Waals surface area contributed by atoms with Crippen molar-refractivity contribution in [2.24, 2.45) is 5.73 Å². The molecule has 2 aliphatic heterocycles. The summed E-state index contributed by atoms with van der Waals surface area (Å²) < 4.78 is 5.68. The summed E-state index contributed by atoms with van der Waals surface area (Å²) >= 11 is 0. The first-order valence-corrected chi connectivity index (χ1v) is 6.76. The Morgan fingerprint density at radius 3 is 2.81 bits per heavy atom. The highest BCUT2D eigenvalue weighted by Gasteiger charge is 2.42. The predicted octanol–water partition coefficient (Wildman–Crippen LogP) is 1.76. The minimum Gasteiger partial charge on any atom is -0.378 e. The van der Waals surface area contributed by atoms with Gasteiger partial charge in [0.1, 0.15) is 0 Å². The standard InChI is InChI=1S/C13H26N2O/c1-11-5-3-4-7-15(11)13(10-14)6-8-16-12(2)9-13/h11-12H,3-10,14H2,1-2H3. The largest absolute Gasteiger partial charge is 0.378 e. The van der Waals surface area contributed by atoms with E-state index in [-0.39, 0.29) is 5.54 Å².